The van der Waals surface area contributed by atoms with Gasteiger partial charge in [-0.15, -0.1) is 12.6 Å². The summed E-state index contributed by atoms with van der Waals surface area (Å²) in [6, 6.07) is 7.19. The summed E-state index contributed by atoms with van der Waals surface area (Å²) in [5.41, 5.74) is 1.43. The maximum atomic E-state index is 12.8. The predicted molar refractivity (Wildman–Crippen MR) is 104 cm³/mol. The maximum Gasteiger partial charge on any atom is 0.338 e. The minimum Gasteiger partial charge on any atom is -0.448 e. The Morgan fingerprint density at radius 1 is 1.26 bits per heavy atom. The molecule has 0 saturated heterocycles. The van der Waals surface area contributed by atoms with Gasteiger partial charge in [0.15, 0.2) is 5.44 Å². The lowest BCUT2D eigenvalue weighted by Gasteiger charge is -2.28. The van der Waals surface area contributed by atoms with Crippen molar-refractivity contribution in [3.63, 3.8) is 0 Å². The molecule has 1 aliphatic heterocycles. The Kier molecular flexibility index (Phi) is 6.43. The lowest BCUT2D eigenvalue weighted by atomic mass is 9.82. The standard InChI is InChI=1S/C19H22N2O5S/c1-10-7-5-6-8-14(10)17-16(19(23)26-15(27)9-11(2)22)12(3)20-13(4)18(17)21(24)25/h5-8,15,17,20,27H,9H2,1-4H3. The molecule has 0 fully saturated rings. The van der Waals surface area contributed by atoms with Crippen LogP contribution in [0, 0.1) is 17.0 Å². The number of nitrogens with zero attached hydrogens (tertiary/aromatic N) is 1. The maximum absolute atomic E-state index is 12.8. The number of rotatable bonds is 6. The fourth-order valence-corrected chi connectivity index (χ4v) is 3.54. The molecular weight excluding hydrogens is 368 g/mol. The normalized spacial score (nSPS) is 18.0. The van der Waals surface area contributed by atoms with Crippen molar-refractivity contribution in [3.8, 4) is 0 Å². The number of carbonyl (C=O) groups is 2. The van der Waals surface area contributed by atoms with Gasteiger partial charge in [0.25, 0.3) is 5.70 Å². The number of allylic oxidation sites excluding steroid dienone is 3. The van der Waals surface area contributed by atoms with Gasteiger partial charge >= 0.3 is 5.97 Å². The van der Waals surface area contributed by atoms with Gasteiger partial charge < -0.3 is 10.1 Å². The summed E-state index contributed by atoms with van der Waals surface area (Å²) in [5.74, 6) is -1.79. The van der Waals surface area contributed by atoms with E-state index in [4.69, 9.17) is 4.74 Å². The Bertz CT molecular complexity index is 859. The SMILES string of the molecule is CC(=O)CC(S)OC(=O)C1=C(C)NC(C)=C([N+](=O)[O-])C1c1ccccc1C. The third kappa shape index (κ3) is 4.57. The zero-order valence-electron chi connectivity index (χ0n) is 15.6. The number of esters is 1. The van der Waals surface area contributed by atoms with Crippen LogP contribution in [0.1, 0.15) is 44.2 Å². The Morgan fingerprint density at radius 2 is 1.89 bits per heavy atom. The van der Waals surface area contributed by atoms with Crippen LogP contribution < -0.4 is 5.32 Å². The minimum atomic E-state index is -0.918. The number of nitrogens with one attached hydrogen (secondary N) is 1. The summed E-state index contributed by atoms with van der Waals surface area (Å²) in [5, 5.41) is 14.7. The van der Waals surface area contributed by atoms with Crippen LogP contribution in [0.4, 0.5) is 0 Å². The van der Waals surface area contributed by atoms with Gasteiger partial charge in [0, 0.05) is 5.70 Å². The van der Waals surface area contributed by atoms with Crippen molar-refractivity contribution in [2.45, 2.75) is 45.5 Å². The number of nitro groups is 1. The van der Waals surface area contributed by atoms with Gasteiger partial charge in [-0.3, -0.25) is 14.9 Å². The molecule has 0 bridgehead atoms. The van der Waals surface area contributed by atoms with Gasteiger partial charge in [0.1, 0.15) is 11.7 Å². The first-order chi connectivity index (χ1) is 12.6. The smallest absolute Gasteiger partial charge is 0.338 e. The third-order valence-electron chi connectivity index (χ3n) is 4.35. The highest BCUT2D eigenvalue weighted by Gasteiger charge is 2.41. The summed E-state index contributed by atoms with van der Waals surface area (Å²) in [6.07, 6.45) is -0.0411. The van der Waals surface area contributed by atoms with E-state index in [0.717, 1.165) is 5.56 Å². The molecule has 0 spiro atoms. The molecule has 1 aromatic carbocycles. The largest absolute Gasteiger partial charge is 0.448 e. The molecule has 7 nitrogen and oxygen atoms in total. The molecule has 0 saturated carbocycles. The second-order valence-electron chi connectivity index (χ2n) is 6.49. The van der Waals surface area contributed by atoms with E-state index < -0.39 is 22.2 Å². The number of hydrogen-bond acceptors (Lipinski definition) is 7. The summed E-state index contributed by atoms with van der Waals surface area (Å²) >= 11 is 4.12. The van der Waals surface area contributed by atoms with Gasteiger partial charge in [0.05, 0.1) is 22.6 Å². The fourth-order valence-electron chi connectivity index (χ4n) is 3.18. The Balaban J connectivity index is 2.54. The quantitative estimate of drug-likeness (QED) is 0.254. The topological polar surface area (TPSA) is 98.5 Å². The molecule has 27 heavy (non-hydrogen) atoms. The summed E-state index contributed by atoms with van der Waals surface area (Å²) < 4.78 is 5.29. The van der Waals surface area contributed by atoms with Gasteiger partial charge in [-0.05, 0) is 38.8 Å². The molecule has 144 valence electrons. The Morgan fingerprint density at radius 3 is 2.44 bits per heavy atom. The van der Waals surface area contributed by atoms with E-state index in [-0.39, 0.29) is 23.5 Å². The zero-order valence-corrected chi connectivity index (χ0v) is 16.5. The molecular formula is C19H22N2O5S. The van der Waals surface area contributed by atoms with Crippen molar-refractivity contribution >= 4 is 24.4 Å². The van der Waals surface area contributed by atoms with E-state index >= 15 is 0 Å². The molecule has 1 heterocycles. The number of benzene rings is 1. The van der Waals surface area contributed by atoms with Crippen LogP contribution >= 0.6 is 12.6 Å². The molecule has 2 atom stereocenters. The van der Waals surface area contributed by atoms with Crippen LogP contribution in [0.15, 0.2) is 46.9 Å². The molecule has 1 aromatic rings. The van der Waals surface area contributed by atoms with E-state index in [1.807, 2.05) is 19.1 Å². The highest BCUT2D eigenvalue weighted by atomic mass is 32.1. The van der Waals surface area contributed by atoms with Gasteiger partial charge in [-0.2, -0.15) is 0 Å². The first-order valence-electron chi connectivity index (χ1n) is 8.40. The van der Waals surface area contributed by atoms with Crippen molar-refractivity contribution in [2.24, 2.45) is 0 Å². The molecule has 0 radical (unpaired) electrons. The van der Waals surface area contributed by atoms with Gasteiger partial charge in [0.2, 0.25) is 0 Å². The number of dihydropyridines is 1. The highest BCUT2D eigenvalue weighted by molar-refractivity contribution is 7.80. The number of carbonyl (C=O) groups excluding carboxylic acids is 2. The van der Waals surface area contributed by atoms with Gasteiger partial charge in [-0.25, -0.2) is 4.79 Å². The van der Waals surface area contributed by atoms with Crippen LogP contribution in [0.25, 0.3) is 0 Å². The molecule has 2 unspecified atom stereocenters. The Labute approximate surface area is 163 Å². The second kappa shape index (κ2) is 8.39. The molecule has 1 N–H and O–H groups in total. The predicted octanol–water partition coefficient (Wildman–Crippen LogP) is 3.24. The number of Topliss-reactive ketones (excluding diaryl/α,β-unsaturated/α-hetero) is 1. The van der Waals surface area contributed by atoms with Crippen molar-refractivity contribution < 1.29 is 19.2 Å². The first kappa shape index (κ1) is 20.7. The molecule has 2 rings (SSSR count). The van der Waals surface area contributed by atoms with Crippen molar-refractivity contribution in [3.05, 3.63) is 68.2 Å². The average Bonchev–Trinajstić information content (AvgIpc) is 2.52. The number of thiol groups is 1. The van der Waals surface area contributed by atoms with Crippen LogP contribution in [0.3, 0.4) is 0 Å². The molecule has 0 aromatic heterocycles. The summed E-state index contributed by atoms with van der Waals surface area (Å²) in [4.78, 5) is 35.4. The van der Waals surface area contributed by atoms with Gasteiger partial charge in [-0.1, -0.05) is 24.3 Å². The van der Waals surface area contributed by atoms with Crippen molar-refractivity contribution in [1.82, 2.24) is 5.32 Å². The van der Waals surface area contributed by atoms with E-state index in [9.17, 15) is 19.7 Å². The van der Waals surface area contributed by atoms with Crippen molar-refractivity contribution in [2.75, 3.05) is 0 Å². The second-order valence-corrected chi connectivity index (χ2v) is 7.06. The fraction of sp³-hybridized carbons (Fsp3) is 0.368. The first-order valence-corrected chi connectivity index (χ1v) is 8.92. The van der Waals surface area contributed by atoms with Crippen LogP contribution in [0.2, 0.25) is 0 Å². The number of ether oxygens (including phenoxy) is 1. The average molecular weight is 390 g/mol. The third-order valence-corrected chi connectivity index (χ3v) is 4.63. The monoisotopic (exact) mass is 390 g/mol. The van der Waals surface area contributed by atoms with E-state index in [1.165, 1.54) is 6.92 Å². The van der Waals surface area contributed by atoms with E-state index in [1.54, 1.807) is 26.0 Å². The highest BCUT2D eigenvalue weighted by Crippen LogP contribution is 2.40. The lowest BCUT2D eigenvalue weighted by Crippen LogP contribution is -2.32. The number of hydrogen-bond donors (Lipinski definition) is 2. The Hall–Kier alpha value is -2.61. The molecule has 1 aliphatic rings. The molecule has 8 heteroatoms. The minimum absolute atomic E-state index is 0.0411. The molecule has 0 amide bonds. The van der Waals surface area contributed by atoms with E-state index in [2.05, 4.69) is 17.9 Å². The van der Waals surface area contributed by atoms with Crippen LogP contribution in [-0.4, -0.2) is 22.1 Å². The lowest BCUT2D eigenvalue weighted by molar-refractivity contribution is -0.431. The van der Waals surface area contributed by atoms with Crippen molar-refractivity contribution in [1.29, 1.82) is 0 Å². The van der Waals surface area contributed by atoms with Crippen LogP contribution in [0.5, 0.6) is 0 Å². The number of ketones is 1. The summed E-state index contributed by atoms with van der Waals surface area (Å²) in [6.45, 7) is 6.48. The summed E-state index contributed by atoms with van der Waals surface area (Å²) in [7, 11) is 0. The molecule has 0 aliphatic carbocycles. The zero-order chi connectivity index (χ0) is 20.3. The van der Waals surface area contributed by atoms with E-state index in [0.29, 0.717) is 17.0 Å². The van der Waals surface area contributed by atoms with Crippen LogP contribution in [-0.2, 0) is 14.3 Å². The number of aryl methyl sites for hydroxylation is 1.